The van der Waals surface area contributed by atoms with Gasteiger partial charge in [-0.25, -0.2) is 0 Å². The molecule has 2 aliphatic rings. The molecule has 1 aliphatic carbocycles. The van der Waals surface area contributed by atoms with Crippen LogP contribution in [0.3, 0.4) is 0 Å². The molecule has 1 unspecified atom stereocenters. The number of likely N-dealkylation sites (tertiary alicyclic amines) is 1. The molecule has 1 aromatic carbocycles. The number of guanidine groups is 1. The zero-order valence-electron chi connectivity index (χ0n) is 14.3. The summed E-state index contributed by atoms with van der Waals surface area (Å²) in [6.45, 7) is 3.32. The van der Waals surface area contributed by atoms with E-state index in [1.54, 1.807) is 0 Å². The average molecular weight is 314 g/mol. The lowest BCUT2D eigenvalue weighted by Crippen LogP contribution is -2.45. The molecular formula is C19H30N4. The third-order valence-electron chi connectivity index (χ3n) is 5.15. The highest BCUT2D eigenvalue weighted by Crippen LogP contribution is 2.24. The van der Waals surface area contributed by atoms with Crippen LogP contribution in [-0.4, -0.2) is 43.6 Å². The first kappa shape index (κ1) is 16.3. The van der Waals surface area contributed by atoms with Gasteiger partial charge in [0.2, 0.25) is 0 Å². The number of aliphatic imine (C=N–C) groups is 1. The van der Waals surface area contributed by atoms with E-state index in [4.69, 9.17) is 0 Å². The van der Waals surface area contributed by atoms with Crippen LogP contribution in [-0.2, 0) is 0 Å². The molecule has 23 heavy (non-hydrogen) atoms. The van der Waals surface area contributed by atoms with Gasteiger partial charge in [0.05, 0.1) is 6.04 Å². The number of hydrogen-bond donors (Lipinski definition) is 2. The Morgan fingerprint density at radius 2 is 1.83 bits per heavy atom. The first-order valence-electron chi connectivity index (χ1n) is 9.13. The Morgan fingerprint density at radius 1 is 1.13 bits per heavy atom. The molecule has 0 spiro atoms. The molecule has 0 bridgehead atoms. The van der Waals surface area contributed by atoms with Crippen molar-refractivity contribution in [3.05, 3.63) is 35.9 Å². The maximum atomic E-state index is 4.42. The summed E-state index contributed by atoms with van der Waals surface area (Å²) in [6, 6.07) is 11.9. The first-order valence-corrected chi connectivity index (χ1v) is 9.13. The predicted octanol–water partition coefficient (Wildman–Crippen LogP) is 2.93. The van der Waals surface area contributed by atoms with Gasteiger partial charge in [-0.2, -0.15) is 0 Å². The van der Waals surface area contributed by atoms with Crippen LogP contribution < -0.4 is 10.6 Å². The van der Waals surface area contributed by atoms with Crippen molar-refractivity contribution in [1.29, 1.82) is 0 Å². The minimum atomic E-state index is 0.431. The van der Waals surface area contributed by atoms with Crippen LogP contribution in [0.5, 0.6) is 0 Å². The maximum absolute atomic E-state index is 4.42. The van der Waals surface area contributed by atoms with E-state index in [0.717, 1.165) is 12.5 Å². The molecule has 2 N–H and O–H groups in total. The second-order valence-corrected chi connectivity index (χ2v) is 6.75. The molecule has 4 heteroatoms. The van der Waals surface area contributed by atoms with Crippen LogP contribution in [0.25, 0.3) is 0 Å². The highest BCUT2D eigenvalue weighted by atomic mass is 15.2. The molecule has 1 aromatic rings. The molecule has 126 valence electrons. The van der Waals surface area contributed by atoms with Crippen LogP contribution in [0.4, 0.5) is 0 Å². The van der Waals surface area contributed by atoms with E-state index in [1.807, 2.05) is 7.05 Å². The predicted molar refractivity (Wildman–Crippen MR) is 96.7 cm³/mol. The van der Waals surface area contributed by atoms with Crippen LogP contribution >= 0.6 is 0 Å². The molecule has 4 nitrogen and oxygen atoms in total. The molecule has 0 radical (unpaired) electrons. The van der Waals surface area contributed by atoms with E-state index in [1.165, 1.54) is 57.2 Å². The van der Waals surface area contributed by atoms with Crippen LogP contribution in [0, 0.1) is 0 Å². The SMILES string of the molecule is CN=C(NCC(c1ccccc1)N1CCCC1)NC1CCCC1. The summed E-state index contributed by atoms with van der Waals surface area (Å²) in [6.07, 6.45) is 7.87. The molecule has 0 aromatic heterocycles. The quantitative estimate of drug-likeness (QED) is 0.648. The van der Waals surface area contributed by atoms with Gasteiger partial charge < -0.3 is 10.6 Å². The van der Waals surface area contributed by atoms with Crippen molar-refractivity contribution in [3.63, 3.8) is 0 Å². The highest BCUT2D eigenvalue weighted by molar-refractivity contribution is 5.80. The van der Waals surface area contributed by atoms with Gasteiger partial charge in [0.25, 0.3) is 0 Å². The van der Waals surface area contributed by atoms with Crippen molar-refractivity contribution in [3.8, 4) is 0 Å². The van der Waals surface area contributed by atoms with Gasteiger partial charge >= 0.3 is 0 Å². The number of benzene rings is 1. The Labute approximate surface area is 140 Å². The minimum Gasteiger partial charge on any atom is -0.354 e. The van der Waals surface area contributed by atoms with Crippen LogP contribution in [0.2, 0.25) is 0 Å². The zero-order valence-corrected chi connectivity index (χ0v) is 14.3. The average Bonchev–Trinajstić information content (AvgIpc) is 3.29. The second kappa shape index (κ2) is 8.34. The van der Waals surface area contributed by atoms with E-state index >= 15 is 0 Å². The van der Waals surface area contributed by atoms with Gasteiger partial charge in [-0.3, -0.25) is 9.89 Å². The summed E-state index contributed by atoms with van der Waals surface area (Å²) in [7, 11) is 1.87. The molecular weight excluding hydrogens is 284 g/mol. The van der Waals surface area contributed by atoms with Gasteiger partial charge in [0.15, 0.2) is 5.96 Å². The number of nitrogens with zero attached hydrogens (tertiary/aromatic N) is 2. The summed E-state index contributed by atoms with van der Waals surface area (Å²) in [5.41, 5.74) is 1.40. The Morgan fingerprint density at radius 3 is 2.48 bits per heavy atom. The fourth-order valence-corrected chi connectivity index (χ4v) is 3.84. The van der Waals surface area contributed by atoms with E-state index in [0.29, 0.717) is 12.1 Å². The van der Waals surface area contributed by atoms with Crippen LogP contribution in [0.1, 0.15) is 50.1 Å². The normalized spacial score (nSPS) is 21.5. The Bertz CT molecular complexity index is 487. The molecule has 3 rings (SSSR count). The lowest BCUT2D eigenvalue weighted by Gasteiger charge is -2.29. The summed E-state index contributed by atoms with van der Waals surface area (Å²) in [4.78, 5) is 7.02. The first-order chi connectivity index (χ1) is 11.4. The topological polar surface area (TPSA) is 39.7 Å². The molecule has 0 amide bonds. The fraction of sp³-hybridized carbons (Fsp3) is 0.632. The van der Waals surface area contributed by atoms with E-state index in [9.17, 15) is 0 Å². The van der Waals surface area contributed by atoms with Gasteiger partial charge in [0.1, 0.15) is 0 Å². The molecule has 1 saturated carbocycles. The van der Waals surface area contributed by atoms with E-state index in [2.05, 4.69) is 50.9 Å². The Hall–Kier alpha value is -1.55. The van der Waals surface area contributed by atoms with Crippen molar-refractivity contribution < 1.29 is 0 Å². The van der Waals surface area contributed by atoms with Gasteiger partial charge in [0, 0.05) is 19.6 Å². The standard InChI is InChI=1S/C19H30N4/c1-20-19(22-17-11-5-6-12-17)21-15-18(23-13-7-8-14-23)16-9-3-2-4-10-16/h2-4,9-10,17-18H,5-8,11-15H2,1H3,(H2,20,21,22). The largest absolute Gasteiger partial charge is 0.354 e. The third-order valence-corrected chi connectivity index (χ3v) is 5.15. The fourth-order valence-electron chi connectivity index (χ4n) is 3.84. The van der Waals surface area contributed by atoms with Crippen molar-refractivity contribution in [2.24, 2.45) is 4.99 Å². The smallest absolute Gasteiger partial charge is 0.191 e. The van der Waals surface area contributed by atoms with Crippen molar-refractivity contribution in [2.75, 3.05) is 26.7 Å². The number of hydrogen-bond acceptors (Lipinski definition) is 2. The second-order valence-electron chi connectivity index (χ2n) is 6.75. The Kier molecular flexibility index (Phi) is 5.92. The zero-order chi connectivity index (χ0) is 15.9. The van der Waals surface area contributed by atoms with E-state index in [-0.39, 0.29) is 0 Å². The summed E-state index contributed by atoms with van der Waals surface area (Å²) in [5, 5.41) is 7.15. The summed E-state index contributed by atoms with van der Waals surface area (Å²) < 4.78 is 0. The highest BCUT2D eigenvalue weighted by Gasteiger charge is 2.24. The summed E-state index contributed by atoms with van der Waals surface area (Å²) >= 11 is 0. The molecule has 1 saturated heterocycles. The van der Waals surface area contributed by atoms with Gasteiger partial charge in [-0.05, 0) is 44.3 Å². The lowest BCUT2D eigenvalue weighted by molar-refractivity contribution is 0.245. The number of rotatable bonds is 5. The molecule has 1 aliphatic heterocycles. The van der Waals surface area contributed by atoms with Gasteiger partial charge in [-0.1, -0.05) is 43.2 Å². The lowest BCUT2D eigenvalue weighted by atomic mass is 10.1. The number of nitrogens with one attached hydrogen (secondary N) is 2. The molecule has 2 fully saturated rings. The van der Waals surface area contributed by atoms with Crippen molar-refractivity contribution in [2.45, 2.75) is 50.6 Å². The molecule has 1 atom stereocenters. The maximum Gasteiger partial charge on any atom is 0.191 e. The Balaban J connectivity index is 1.61. The summed E-state index contributed by atoms with van der Waals surface area (Å²) in [5.74, 6) is 0.956. The van der Waals surface area contributed by atoms with Crippen molar-refractivity contribution in [1.82, 2.24) is 15.5 Å². The third kappa shape index (κ3) is 4.47. The van der Waals surface area contributed by atoms with E-state index < -0.39 is 0 Å². The minimum absolute atomic E-state index is 0.431. The van der Waals surface area contributed by atoms with Gasteiger partial charge in [-0.15, -0.1) is 0 Å². The molecule has 1 heterocycles. The van der Waals surface area contributed by atoms with Crippen molar-refractivity contribution >= 4 is 5.96 Å². The monoisotopic (exact) mass is 314 g/mol. The van der Waals surface area contributed by atoms with Crippen LogP contribution in [0.15, 0.2) is 35.3 Å².